The Balaban J connectivity index is 1.42. The molecule has 3 rings (SSSR count). The van der Waals surface area contributed by atoms with Crippen LogP contribution in [0.25, 0.3) is 0 Å². The van der Waals surface area contributed by atoms with Gasteiger partial charge in [0.2, 0.25) is 5.91 Å². The van der Waals surface area contributed by atoms with Crippen molar-refractivity contribution in [1.82, 2.24) is 15.6 Å². The lowest BCUT2D eigenvalue weighted by molar-refractivity contribution is -0.117. The van der Waals surface area contributed by atoms with Gasteiger partial charge in [0.05, 0.1) is 6.04 Å². The summed E-state index contributed by atoms with van der Waals surface area (Å²) < 4.78 is 0. The number of aromatic nitrogens is 1. The van der Waals surface area contributed by atoms with Crippen LogP contribution in [0.2, 0.25) is 0 Å². The first kappa shape index (κ1) is 20.6. The lowest BCUT2D eigenvalue weighted by atomic mass is 10.2. The van der Waals surface area contributed by atoms with Crippen molar-refractivity contribution in [2.24, 2.45) is 4.99 Å². The fraction of sp³-hybridized carbons (Fsp3) is 0.409. The molecular weight excluding hydrogens is 364 g/mol. The molecule has 1 atom stereocenters. The minimum Gasteiger partial charge on any atom is -0.370 e. The average Bonchev–Trinajstić information content (AvgIpc) is 3.12. The van der Waals surface area contributed by atoms with E-state index in [0.717, 1.165) is 49.9 Å². The van der Waals surface area contributed by atoms with E-state index in [-0.39, 0.29) is 11.9 Å². The SMILES string of the molecule is CCNC(=NCCCCNc1ccccn1)NC1CC(=O)N(c2ccccc2)C1. The summed E-state index contributed by atoms with van der Waals surface area (Å²) in [5.41, 5.74) is 0.948. The number of unbranched alkanes of at least 4 members (excludes halogenated alkanes) is 1. The molecule has 1 aliphatic heterocycles. The van der Waals surface area contributed by atoms with Gasteiger partial charge in [-0.05, 0) is 44.0 Å². The van der Waals surface area contributed by atoms with Gasteiger partial charge in [-0.2, -0.15) is 0 Å². The van der Waals surface area contributed by atoms with Crippen LogP contribution in [0, 0.1) is 0 Å². The molecule has 1 amide bonds. The van der Waals surface area contributed by atoms with Gasteiger partial charge < -0.3 is 20.9 Å². The highest BCUT2D eigenvalue weighted by Gasteiger charge is 2.30. The second-order valence-corrected chi connectivity index (χ2v) is 6.99. The highest BCUT2D eigenvalue weighted by atomic mass is 16.2. The van der Waals surface area contributed by atoms with Crippen molar-refractivity contribution >= 4 is 23.4 Å². The van der Waals surface area contributed by atoms with Gasteiger partial charge in [-0.1, -0.05) is 24.3 Å². The van der Waals surface area contributed by atoms with Crippen molar-refractivity contribution < 1.29 is 4.79 Å². The second kappa shape index (κ2) is 11.0. The second-order valence-electron chi connectivity index (χ2n) is 6.99. The van der Waals surface area contributed by atoms with Gasteiger partial charge in [-0.25, -0.2) is 4.98 Å². The van der Waals surface area contributed by atoms with Crippen LogP contribution in [0.15, 0.2) is 59.7 Å². The Morgan fingerprint density at radius 1 is 1.17 bits per heavy atom. The molecule has 0 radical (unpaired) electrons. The van der Waals surface area contributed by atoms with Crippen LogP contribution < -0.4 is 20.9 Å². The first-order chi connectivity index (χ1) is 14.3. The van der Waals surface area contributed by atoms with Gasteiger partial charge in [-0.15, -0.1) is 0 Å². The van der Waals surface area contributed by atoms with Crippen LogP contribution in [0.5, 0.6) is 0 Å². The zero-order chi connectivity index (χ0) is 20.3. The third kappa shape index (κ3) is 6.48. The van der Waals surface area contributed by atoms with Crippen LogP contribution in [-0.2, 0) is 4.79 Å². The first-order valence-electron chi connectivity index (χ1n) is 10.3. The number of anilines is 2. The van der Waals surface area contributed by atoms with Crippen molar-refractivity contribution in [2.45, 2.75) is 32.2 Å². The Bertz CT molecular complexity index is 780. The molecule has 2 heterocycles. The number of para-hydroxylation sites is 1. The first-order valence-corrected chi connectivity index (χ1v) is 10.3. The molecule has 2 aromatic rings. The summed E-state index contributed by atoms with van der Waals surface area (Å²) in [6.45, 7) is 5.10. The molecule has 0 saturated carbocycles. The summed E-state index contributed by atoms with van der Waals surface area (Å²) in [5, 5.41) is 10.0. The number of benzene rings is 1. The molecule has 29 heavy (non-hydrogen) atoms. The third-order valence-corrected chi connectivity index (χ3v) is 4.70. The highest BCUT2D eigenvalue weighted by Crippen LogP contribution is 2.20. The minimum absolute atomic E-state index is 0.0614. The highest BCUT2D eigenvalue weighted by molar-refractivity contribution is 5.97. The van der Waals surface area contributed by atoms with Crippen LogP contribution >= 0.6 is 0 Å². The normalized spacial score (nSPS) is 16.7. The molecule has 1 saturated heterocycles. The smallest absolute Gasteiger partial charge is 0.229 e. The molecule has 1 aromatic carbocycles. The van der Waals surface area contributed by atoms with E-state index in [0.29, 0.717) is 13.0 Å². The van der Waals surface area contributed by atoms with Crippen molar-refractivity contribution in [3.05, 3.63) is 54.7 Å². The lowest BCUT2D eigenvalue weighted by Crippen LogP contribution is -2.44. The van der Waals surface area contributed by atoms with Gasteiger partial charge in [0.1, 0.15) is 5.82 Å². The molecule has 154 valence electrons. The number of nitrogens with one attached hydrogen (secondary N) is 3. The van der Waals surface area contributed by atoms with E-state index in [1.807, 2.05) is 60.4 Å². The van der Waals surface area contributed by atoms with E-state index in [4.69, 9.17) is 0 Å². The van der Waals surface area contributed by atoms with Crippen LogP contribution in [0.3, 0.4) is 0 Å². The molecule has 3 N–H and O–H groups in total. The van der Waals surface area contributed by atoms with Crippen LogP contribution in [0.1, 0.15) is 26.2 Å². The van der Waals surface area contributed by atoms with E-state index in [1.165, 1.54) is 0 Å². The number of aliphatic imine (C=N–C) groups is 1. The van der Waals surface area contributed by atoms with Crippen molar-refractivity contribution in [1.29, 1.82) is 0 Å². The van der Waals surface area contributed by atoms with E-state index >= 15 is 0 Å². The summed E-state index contributed by atoms with van der Waals surface area (Å²) in [6, 6.07) is 15.7. The Labute approximate surface area is 172 Å². The van der Waals surface area contributed by atoms with Crippen LogP contribution in [-0.4, -0.2) is 49.1 Å². The average molecular weight is 395 g/mol. The number of amides is 1. The Morgan fingerprint density at radius 2 is 2.00 bits per heavy atom. The number of carbonyl (C=O) groups excluding carboxylic acids is 1. The van der Waals surface area contributed by atoms with E-state index in [2.05, 4.69) is 25.9 Å². The van der Waals surface area contributed by atoms with Gasteiger partial charge >= 0.3 is 0 Å². The molecule has 1 aliphatic rings. The molecule has 1 fully saturated rings. The molecular formula is C22H30N6O. The Kier molecular flexibility index (Phi) is 7.86. The summed E-state index contributed by atoms with van der Waals surface area (Å²) >= 11 is 0. The van der Waals surface area contributed by atoms with Gasteiger partial charge in [-0.3, -0.25) is 9.79 Å². The fourth-order valence-electron chi connectivity index (χ4n) is 3.29. The van der Waals surface area contributed by atoms with E-state index < -0.39 is 0 Å². The number of nitrogens with zero attached hydrogens (tertiary/aromatic N) is 3. The van der Waals surface area contributed by atoms with E-state index in [9.17, 15) is 4.79 Å². The summed E-state index contributed by atoms with van der Waals surface area (Å²) in [4.78, 5) is 23.1. The van der Waals surface area contributed by atoms with E-state index in [1.54, 1.807) is 6.20 Å². The van der Waals surface area contributed by atoms with Crippen molar-refractivity contribution in [2.75, 3.05) is 36.4 Å². The summed E-state index contributed by atoms with van der Waals surface area (Å²) in [7, 11) is 0. The van der Waals surface area contributed by atoms with Gasteiger partial charge in [0.25, 0.3) is 0 Å². The summed E-state index contributed by atoms with van der Waals surface area (Å²) in [6.07, 6.45) is 4.26. The van der Waals surface area contributed by atoms with Crippen molar-refractivity contribution in [3.8, 4) is 0 Å². The molecule has 1 aromatic heterocycles. The number of pyridine rings is 1. The minimum atomic E-state index is 0.0614. The number of rotatable bonds is 9. The van der Waals surface area contributed by atoms with Crippen LogP contribution in [0.4, 0.5) is 11.5 Å². The summed E-state index contributed by atoms with van der Waals surface area (Å²) in [5.74, 6) is 1.82. The predicted octanol–water partition coefficient (Wildman–Crippen LogP) is 2.63. The maximum Gasteiger partial charge on any atom is 0.229 e. The van der Waals surface area contributed by atoms with Gasteiger partial charge in [0, 0.05) is 44.5 Å². The maximum atomic E-state index is 12.4. The molecule has 7 heteroatoms. The Hall–Kier alpha value is -3.09. The monoisotopic (exact) mass is 394 g/mol. The zero-order valence-electron chi connectivity index (χ0n) is 17.0. The quantitative estimate of drug-likeness (QED) is 0.346. The molecule has 0 bridgehead atoms. The lowest BCUT2D eigenvalue weighted by Gasteiger charge is -2.19. The topological polar surface area (TPSA) is 81.6 Å². The third-order valence-electron chi connectivity index (χ3n) is 4.70. The van der Waals surface area contributed by atoms with Gasteiger partial charge in [0.15, 0.2) is 5.96 Å². The number of hydrogen-bond acceptors (Lipinski definition) is 4. The fourth-order valence-corrected chi connectivity index (χ4v) is 3.29. The largest absolute Gasteiger partial charge is 0.370 e. The standard InChI is InChI=1S/C22H30N6O/c1-2-23-22(26-15-9-8-14-25-20-12-6-7-13-24-20)27-18-16-21(29)28(17-18)19-10-4-3-5-11-19/h3-7,10-13,18H,2,8-9,14-17H2,1H3,(H,24,25)(H2,23,26,27). The van der Waals surface area contributed by atoms with Crippen molar-refractivity contribution in [3.63, 3.8) is 0 Å². The molecule has 1 unspecified atom stereocenters. The maximum absolute atomic E-state index is 12.4. The zero-order valence-corrected chi connectivity index (χ0v) is 17.0. The predicted molar refractivity (Wildman–Crippen MR) is 118 cm³/mol. The number of carbonyl (C=O) groups is 1. The molecule has 0 spiro atoms. The molecule has 0 aliphatic carbocycles. The molecule has 7 nitrogen and oxygen atoms in total. The number of hydrogen-bond donors (Lipinski definition) is 3. The number of guanidine groups is 1. The Morgan fingerprint density at radius 3 is 2.76 bits per heavy atom.